The van der Waals surface area contributed by atoms with Gasteiger partial charge in [0.1, 0.15) is 4.75 Å². The van der Waals surface area contributed by atoms with E-state index in [-0.39, 0.29) is 5.57 Å². The molecule has 2 aliphatic heterocycles. The van der Waals surface area contributed by atoms with Crippen LogP contribution in [-0.2, 0) is 19.4 Å². The van der Waals surface area contributed by atoms with E-state index in [1.54, 1.807) is 24.4 Å². The van der Waals surface area contributed by atoms with Gasteiger partial charge in [-0.1, -0.05) is 6.07 Å². The van der Waals surface area contributed by atoms with Crippen LogP contribution in [0.2, 0.25) is 0 Å². The number of carboxylic acid groups (broad SMARTS) is 1. The number of fused-ring (bicyclic) bond motifs is 1. The molecule has 0 radical (unpaired) electrons. The number of hydrogen-bond donors (Lipinski definition) is 1. The Hall–Kier alpha value is -1.49. The molecule has 2 atom stereocenters. The van der Waals surface area contributed by atoms with Crippen molar-refractivity contribution in [3.05, 3.63) is 35.7 Å². The molecular weight excluding hydrogens is 435 g/mol. The van der Waals surface area contributed by atoms with Gasteiger partial charge in [-0.25, -0.2) is 13.2 Å². The first-order valence-electron chi connectivity index (χ1n) is 6.72. The lowest BCUT2D eigenvalue weighted by Crippen LogP contribution is -2.59. The number of nitrogens with zero attached hydrogens (tertiary/aromatic N) is 2. The molecule has 3 rings (SSSR count). The molecule has 1 aromatic heterocycles. The van der Waals surface area contributed by atoms with E-state index < -0.39 is 37.9 Å². The predicted octanol–water partition coefficient (Wildman–Crippen LogP) is 1.06. The number of aliphatic carboxylic acids is 1. The molecule has 3 heterocycles. The average Bonchev–Trinajstić information content (AvgIpc) is 2.62. The molecular formula is C14H13IN2O5S. The molecule has 0 aliphatic carbocycles. The van der Waals surface area contributed by atoms with Crippen LogP contribution in [0.3, 0.4) is 0 Å². The Labute approximate surface area is 146 Å². The van der Waals surface area contributed by atoms with Gasteiger partial charge in [-0.15, -0.1) is 0 Å². The molecule has 9 heteroatoms. The summed E-state index contributed by atoms with van der Waals surface area (Å²) < 4.78 is 24.4. The van der Waals surface area contributed by atoms with Crippen LogP contribution in [0.1, 0.15) is 19.5 Å². The number of carbonyl (C=O) groups is 2. The monoisotopic (exact) mass is 448 g/mol. The summed E-state index contributed by atoms with van der Waals surface area (Å²) >= 11 is 1.89. The number of aromatic nitrogens is 1. The summed E-state index contributed by atoms with van der Waals surface area (Å²) in [4.78, 5) is 29.0. The predicted molar refractivity (Wildman–Crippen MR) is 90.2 cm³/mol. The number of halogens is 1. The third-order valence-electron chi connectivity index (χ3n) is 4.29. The number of rotatable bonds is 2. The summed E-state index contributed by atoms with van der Waals surface area (Å²) in [6.07, 6.45) is 1.54. The Bertz CT molecular complexity index is 847. The van der Waals surface area contributed by atoms with Gasteiger partial charge in [0, 0.05) is 6.20 Å². The summed E-state index contributed by atoms with van der Waals surface area (Å²) in [7, 11) is -3.86. The SMILES string of the molecule is CC1(C)[C@H](C(=O)O)N2C(=O)C(=C(I)c3ccccn3)[C@H]2S1(=O)=O. The molecule has 2 saturated heterocycles. The quantitative estimate of drug-likeness (QED) is 0.412. The fourth-order valence-corrected chi connectivity index (χ4v) is 6.21. The van der Waals surface area contributed by atoms with Crippen molar-refractivity contribution < 1.29 is 23.1 Å². The second-order valence-electron chi connectivity index (χ2n) is 5.90. The van der Waals surface area contributed by atoms with E-state index in [4.69, 9.17) is 0 Å². The van der Waals surface area contributed by atoms with Crippen molar-refractivity contribution >= 4 is 47.9 Å². The second-order valence-corrected chi connectivity index (χ2v) is 9.56. The van der Waals surface area contributed by atoms with Gasteiger partial charge in [0.2, 0.25) is 0 Å². The first kappa shape index (κ1) is 16.4. The van der Waals surface area contributed by atoms with Gasteiger partial charge in [-0.05, 0) is 48.6 Å². The van der Waals surface area contributed by atoms with Crippen LogP contribution in [0.25, 0.3) is 3.58 Å². The van der Waals surface area contributed by atoms with Crippen LogP contribution >= 0.6 is 22.6 Å². The molecule has 0 aromatic carbocycles. The van der Waals surface area contributed by atoms with Crippen LogP contribution in [-0.4, -0.2) is 51.4 Å². The van der Waals surface area contributed by atoms with Crippen molar-refractivity contribution in [2.24, 2.45) is 0 Å². The molecule has 0 saturated carbocycles. The molecule has 0 unspecified atom stereocenters. The smallest absolute Gasteiger partial charge is 0.328 e. The Kier molecular flexibility index (Phi) is 3.56. The average molecular weight is 448 g/mol. The summed E-state index contributed by atoms with van der Waals surface area (Å²) in [5.74, 6) is -1.88. The topological polar surface area (TPSA) is 105 Å². The Balaban J connectivity index is 2.18. The zero-order valence-corrected chi connectivity index (χ0v) is 15.2. The van der Waals surface area contributed by atoms with E-state index in [2.05, 4.69) is 4.98 Å². The lowest BCUT2D eigenvalue weighted by molar-refractivity contribution is -0.152. The van der Waals surface area contributed by atoms with Crippen molar-refractivity contribution in [1.29, 1.82) is 0 Å². The third kappa shape index (κ3) is 1.98. The number of β-lactam (4-membered cyclic amide) rings is 1. The maximum absolute atomic E-state index is 12.8. The highest BCUT2D eigenvalue weighted by atomic mass is 127. The zero-order chi connectivity index (χ0) is 17.2. The molecule has 1 amide bonds. The zero-order valence-electron chi connectivity index (χ0n) is 12.2. The van der Waals surface area contributed by atoms with Gasteiger partial charge in [0.25, 0.3) is 5.91 Å². The van der Waals surface area contributed by atoms with Gasteiger partial charge < -0.3 is 10.0 Å². The number of sulfone groups is 1. The maximum atomic E-state index is 12.8. The van der Waals surface area contributed by atoms with Crippen molar-refractivity contribution in [1.82, 2.24) is 9.88 Å². The lowest BCUT2D eigenvalue weighted by atomic mass is 9.95. The molecule has 7 nitrogen and oxygen atoms in total. The van der Waals surface area contributed by atoms with E-state index in [9.17, 15) is 23.1 Å². The van der Waals surface area contributed by atoms with Crippen molar-refractivity contribution in [3.8, 4) is 0 Å². The van der Waals surface area contributed by atoms with E-state index in [1.165, 1.54) is 13.8 Å². The summed E-state index contributed by atoms with van der Waals surface area (Å²) in [5.41, 5.74) is 0.587. The van der Waals surface area contributed by atoms with Crippen LogP contribution in [0, 0.1) is 0 Å². The van der Waals surface area contributed by atoms with Gasteiger partial charge in [0.15, 0.2) is 21.3 Å². The van der Waals surface area contributed by atoms with Crippen molar-refractivity contribution in [2.75, 3.05) is 0 Å². The fourth-order valence-electron chi connectivity index (χ4n) is 3.01. The van der Waals surface area contributed by atoms with Crippen molar-refractivity contribution in [3.63, 3.8) is 0 Å². The minimum Gasteiger partial charge on any atom is -0.480 e. The van der Waals surface area contributed by atoms with Crippen LogP contribution in [0.4, 0.5) is 0 Å². The highest BCUT2D eigenvalue weighted by molar-refractivity contribution is 14.1. The Morgan fingerprint density at radius 3 is 2.57 bits per heavy atom. The standard InChI is InChI=1S/C14H13IN2O5S/c1-14(2)10(13(19)20)17-11(18)8(12(17)23(14,21)22)9(15)7-5-3-4-6-16-7/h3-6,10,12H,1-2H3,(H,19,20)/t10-,12+/m0/s1. The minimum atomic E-state index is -3.86. The molecule has 0 spiro atoms. The van der Waals surface area contributed by atoms with Crippen LogP contribution in [0.5, 0.6) is 0 Å². The van der Waals surface area contributed by atoms with Gasteiger partial charge in [-0.3, -0.25) is 9.78 Å². The molecule has 1 aromatic rings. The molecule has 2 aliphatic rings. The molecule has 1 N–H and O–H groups in total. The van der Waals surface area contributed by atoms with Crippen LogP contribution in [0.15, 0.2) is 30.0 Å². The Morgan fingerprint density at radius 2 is 2.04 bits per heavy atom. The summed E-state index contributed by atoms with van der Waals surface area (Å²) in [6.45, 7) is 2.69. The van der Waals surface area contributed by atoms with E-state index in [0.29, 0.717) is 9.27 Å². The number of amides is 1. The number of pyridine rings is 1. The van der Waals surface area contributed by atoms with Gasteiger partial charge in [-0.2, -0.15) is 0 Å². The summed E-state index contributed by atoms with van der Waals surface area (Å²) in [5, 5.41) is 8.15. The highest BCUT2D eigenvalue weighted by Crippen LogP contribution is 2.51. The third-order valence-corrected chi connectivity index (χ3v) is 8.16. The second kappa shape index (κ2) is 5.00. The van der Waals surface area contributed by atoms with Crippen LogP contribution < -0.4 is 0 Å². The van der Waals surface area contributed by atoms with E-state index in [0.717, 1.165) is 4.90 Å². The number of hydrogen-bond acceptors (Lipinski definition) is 5. The van der Waals surface area contributed by atoms with Gasteiger partial charge in [0.05, 0.1) is 14.8 Å². The van der Waals surface area contributed by atoms with E-state index >= 15 is 0 Å². The Morgan fingerprint density at radius 1 is 1.39 bits per heavy atom. The lowest BCUT2D eigenvalue weighted by Gasteiger charge is -2.38. The van der Waals surface area contributed by atoms with E-state index in [1.807, 2.05) is 22.6 Å². The molecule has 2 fully saturated rings. The fraction of sp³-hybridized carbons (Fsp3) is 0.357. The molecule has 122 valence electrons. The number of carboxylic acids is 1. The first-order chi connectivity index (χ1) is 10.6. The maximum Gasteiger partial charge on any atom is 0.328 e. The molecule has 23 heavy (non-hydrogen) atoms. The largest absolute Gasteiger partial charge is 0.480 e. The number of carbonyl (C=O) groups excluding carboxylic acids is 1. The molecule has 0 bridgehead atoms. The normalized spacial score (nSPS) is 29.7. The first-order valence-corrected chi connectivity index (χ1v) is 9.35. The minimum absolute atomic E-state index is 0.0983. The summed E-state index contributed by atoms with van der Waals surface area (Å²) in [6, 6.07) is 3.73. The van der Waals surface area contributed by atoms with Gasteiger partial charge >= 0.3 is 5.97 Å². The highest BCUT2D eigenvalue weighted by Gasteiger charge is 2.70. The van der Waals surface area contributed by atoms with Crippen molar-refractivity contribution in [2.45, 2.75) is 30.0 Å².